The van der Waals surface area contributed by atoms with E-state index in [0.717, 1.165) is 32.5 Å². The number of aromatic nitrogens is 2. The average molecular weight is 237 g/mol. The van der Waals surface area contributed by atoms with E-state index < -0.39 is 0 Å². The zero-order valence-corrected chi connectivity index (χ0v) is 10.7. The molecule has 0 radical (unpaired) electrons. The fourth-order valence-corrected chi connectivity index (χ4v) is 2.49. The minimum atomic E-state index is 0.647. The monoisotopic (exact) mass is 237 g/mol. The normalized spacial score (nSPS) is 20.6. The van der Waals surface area contributed by atoms with Crippen molar-refractivity contribution in [1.29, 1.82) is 0 Å². The Kier molecular flexibility index (Phi) is 5.01. The maximum Gasteiger partial charge on any atom is 0.0948 e. The number of nitrogens with one attached hydrogen (secondary N) is 1. The zero-order chi connectivity index (χ0) is 11.9. The summed E-state index contributed by atoms with van der Waals surface area (Å²) in [5.41, 5.74) is 1.40. The summed E-state index contributed by atoms with van der Waals surface area (Å²) in [5, 5.41) is 3.47. The fraction of sp³-hybridized carbons (Fsp3) is 0.769. The van der Waals surface area contributed by atoms with Crippen molar-refractivity contribution in [3.8, 4) is 0 Å². The Balaban J connectivity index is 1.87. The molecule has 0 aliphatic carbocycles. The first-order valence-electron chi connectivity index (χ1n) is 6.61. The standard InChI is InChI=1S/C13H23N3O/c1-17-8-3-2-7-16-11-15-10-13(16)12-5-4-6-14-9-12/h10-12,14H,2-9H2,1H3. The molecule has 1 aromatic heterocycles. The molecular formula is C13H23N3O. The molecule has 0 spiro atoms. The van der Waals surface area contributed by atoms with Gasteiger partial charge in [0.05, 0.1) is 6.33 Å². The van der Waals surface area contributed by atoms with E-state index in [9.17, 15) is 0 Å². The Bertz CT molecular complexity index is 318. The summed E-state index contributed by atoms with van der Waals surface area (Å²) in [7, 11) is 1.76. The Hall–Kier alpha value is -0.870. The van der Waals surface area contributed by atoms with Crippen molar-refractivity contribution in [2.24, 2.45) is 0 Å². The largest absolute Gasteiger partial charge is 0.385 e. The lowest BCUT2D eigenvalue weighted by molar-refractivity contribution is 0.191. The maximum absolute atomic E-state index is 5.07. The average Bonchev–Trinajstić information content (AvgIpc) is 2.84. The second-order valence-electron chi connectivity index (χ2n) is 4.76. The van der Waals surface area contributed by atoms with Crippen LogP contribution in [0.4, 0.5) is 0 Å². The number of aryl methyl sites for hydroxylation is 1. The van der Waals surface area contributed by atoms with Crippen LogP contribution >= 0.6 is 0 Å². The zero-order valence-electron chi connectivity index (χ0n) is 10.7. The molecule has 0 bridgehead atoms. The molecule has 1 unspecified atom stereocenters. The number of nitrogens with zero attached hydrogens (tertiary/aromatic N) is 2. The van der Waals surface area contributed by atoms with Crippen LogP contribution in [0.15, 0.2) is 12.5 Å². The van der Waals surface area contributed by atoms with Gasteiger partial charge in [0.15, 0.2) is 0 Å². The fourth-order valence-electron chi connectivity index (χ4n) is 2.49. The first-order valence-corrected chi connectivity index (χ1v) is 6.61. The molecule has 4 nitrogen and oxygen atoms in total. The van der Waals surface area contributed by atoms with Crippen molar-refractivity contribution in [1.82, 2.24) is 14.9 Å². The minimum absolute atomic E-state index is 0.647. The van der Waals surface area contributed by atoms with Crippen molar-refractivity contribution >= 4 is 0 Å². The Morgan fingerprint density at radius 1 is 1.53 bits per heavy atom. The summed E-state index contributed by atoms with van der Waals surface area (Å²) < 4.78 is 7.39. The Morgan fingerprint density at radius 3 is 3.24 bits per heavy atom. The van der Waals surface area contributed by atoms with Crippen molar-refractivity contribution < 1.29 is 4.74 Å². The van der Waals surface area contributed by atoms with E-state index in [0.29, 0.717) is 5.92 Å². The molecule has 2 rings (SSSR count). The number of ether oxygens (including phenoxy) is 1. The second-order valence-corrected chi connectivity index (χ2v) is 4.76. The van der Waals surface area contributed by atoms with E-state index >= 15 is 0 Å². The maximum atomic E-state index is 5.07. The van der Waals surface area contributed by atoms with Crippen LogP contribution in [0.1, 0.15) is 37.3 Å². The molecule has 17 heavy (non-hydrogen) atoms. The molecule has 0 amide bonds. The summed E-state index contributed by atoms with van der Waals surface area (Å²) >= 11 is 0. The predicted molar refractivity (Wildman–Crippen MR) is 68.2 cm³/mol. The van der Waals surface area contributed by atoms with E-state index in [4.69, 9.17) is 4.74 Å². The molecule has 4 heteroatoms. The summed E-state index contributed by atoms with van der Waals surface area (Å²) in [5.74, 6) is 0.647. The lowest BCUT2D eigenvalue weighted by atomic mass is 9.96. The molecule has 96 valence electrons. The van der Waals surface area contributed by atoms with E-state index in [-0.39, 0.29) is 0 Å². The van der Waals surface area contributed by atoms with Gasteiger partial charge in [-0.1, -0.05) is 0 Å². The first kappa shape index (κ1) is 12.6. The van der Waals surface area contributed by atoms with Crippen molar-refractivity contribution in [3.63, 3.8) is 0 Å². The number of hydrogen-bond donors (Lipinski definition) is 1. The van der Waals surface area contributed by atoms with Gasteiger partial charge in [-0.15, -0.1) is 0 Å². The van der Waals surface area contributed by atoms with E-state index in [2.05, 4.69) is 14.9 Å². The molecule has 1 aliphatic heterocycles. The van der Waals surface area contributed by atoms with Crippen molar-refractivity contribution in [2.45, 2.75) is 38.1 Å². The second kappa shape index (κ2) is 6.77. The van der Waals surface area contributed by atoms with Crippen LogP contribution < -0.4 is 5.32 Å². The molecule has 1 saturated heterocycles. The molecule has 1 aliphatic rings. The third-order valence-corrected chi connectivity index (χ3v) is 3.46. The molecule has 2 heterocycles. The summed E-state index contributed by atoms with van der Waals surface area (Å²) in [4.78, 5) is 4.30. The first-order chi connectivity index (χ1) is 8.42. The molecule has 1 N–H and O–H groups in total. The number of methoxy groups -OCH3 is 1. The van der Waals surface area contributed by atoms with Crippen LogP contribution in [-0.2, 0) is 11.3 Å². The van der Waals surface area contributed by atoms with E-state index in [1.165, 1.54) is 25.1 Å². The molecule has 1 atom stereocenters. The summed E-state index contributed by atoms with van der Waals surface area (Å²) in [6, 6.07) is 0. The van der Waals surface area contributed by atoms with Crippen LogP contribution in [0.5, 0.6) is 0 Å². The number of piperidine rings is 1. The third-order valence-electron chi connectivity index (χ3n) is 3.46. The van der Waals surface area contributed by atoms with Gasteiger partial charge in [-0.3, -0.25) is 0 Å². The topological polar surface area (TPSA) is 39.1 Å². The van der Waals surface area contributed by atoms with Gasteiger partial charge in [0.1, 0.15) is 0 Å². The van der Waals surface area contributed by atoms with Crippen molar-refractivity contribution in [3.05, 3.63) is 18.2 Å². The van der Waals surface area contributed by atoms with Crippen molar-refractivity contribution in [2.75, 3.05) is 26.8 Å². The van der Waals surface area contributed by atoms with Crippen LogP contribution in [0.25, 0.3) is 0 Å². The van der Waals surface area contributed by atoms with Crippen LogP contribution in [0, 0.1) is 0 Å². The number of unbranched alkanes of at least 4 members (excludes halogenated alkanes) is 1. The number of hydrogen-bond acceptors (Lipinski definition) is 3. The lowest BCUT2D eigenvalue weighted by Crippen LogP contribution is -2.29. The van der Waals surface area contributed by atoms with Crippen LogP contribution in [0.2, 0.25) is 0 Å². The minimum Gasteiger partial charge on any atom is -0.385 e. The van der Waals surface area contributed by atoms with Crippen LogP contribution in [0.3, 0.4) is 0 Å². The van der Waals surface area contributed by atoms with Gasteiger partial charge in [0.25, 0.3) is 0 Å². The van der Waals surface area contributed by atoms with Gasteiger partial charge in [-0.05, 0) is 32.2 Å². The van der Waals surface area contributed by atoms with Gasteiger partial charge < -0.3 is 14.6 Å². The highest BCUT2D eigenvalue weighted by molar-refractivity contribution is 5.08. The summed E-state index contributed by atoms with van der Waals surface area (Å²) in [6.07, 6.45) is 8.86. The SMILES string of the molecule is COCCCCn1cncc1C1CCCNC1. The van der Waals surface area contributed by atoms with E-state index in [1.807, 2.05) is 12.5 Å². The summed E-state index contributed by atoms with van der Waals surface area (Å²) in [6.45, 7) is 4.19. The molecule has 1 fully saturated rings. The van der Waals surface area contributed by atoms with Gasteiger partial charge in [0.2, 0.25) is 0 Å². The molecule has 1 aromatic rings. The highest BCUT2D eigenvalue weighted by atomic mass is 16.5. The smallest absolute Gasteiger partial charge is 0.0948 e. The van der Waals surface area contributed by atoms with Crippen LogP contribution in [-0.4, -0.2) is 36.4 Å². The molecule has 0 saturated carbocycles. The Morgan fingerprint density at radius 2 is 2.47 bits per heavy atom. The lowest BCUT2D eigenvalue weighted by Gasteiger charge is -2.23. The number of rotatable bonds is 6. The van der Waals surface area contributed by atoms with E-state index in [1.54, 1.807) is 7.11 Å². The van der Waals surface area contributed by atoms with Gasteiger partial charge in [-0.25, -0.2) is 4.98 Å². The highest BCUT2D eigenvalue weighted by Crippen LogP contribution is 2.23. The number of imidazole rings is 1. The quantitative estimate of drug-likeness (QED) is 0.767. The Labute approximate surface area is 103 Å². The molecule has 0 aromatic carbocycles. The third kappa shape index (κ3) is 3.54. The highest BCUT2D eigenvalue weighted by Gasteiger charge is 2.18. The molecular weight excluding hydrogens is 214 g/mol. The van der Waals surface area contributed by atoms with Gasteiger partial charge in [-0.2, -0.15) is 0 Å². The predicted octanol–water partition coefficient (Wildman–Crippen LogP) is 1.78. The van der Waals surface area contributed by atoms with Gasteiger partial charge >= 0.3 is 0 Å². The van der Waals surface area contributed by atoms with Gasteiger partial charge in [0, 0.05) is 44.6 Å².